The van der Waals surface area contributed by atoms with Crippen LogP contribution in [0.1, 0.15) is 0 Å². The van der Waals surface area contributed by atoms with Crippen LogP contribution in [0.25, 0.3) is 0 Å². The first kappa shape index (κ1) is 10.1. The number of halogens is 1. The number of aromatic nitrogens is 2. The second kappa shape index (κ2) is 3.80. The van der Waals surface area contributed by atoms with Gasteiger partial charge in [-0.15, -0.1) is 0 Å². The summed E-state index contributed by atoms with van der Waals surface area (Å²) in [4.78, 5) is 15.2. The Balaban J connectivity index is 3.17. The lowest BCUT2D eigenvalue weighted by molar-refractivity contribution is 0.314. The molecule has 0 unspecified atom stereocenters. The van der Waals surface area contributed by atoms with Crippen LogP contribution >= 0.6 is 12.2 Å². The fourth-order valence-corrected chi connectivity index (χ4v) is 1.03. The SMILES string of the molecule is CN(C)Cn1cc(F)c(=S)[nH]c1=O. The van der Waals surface area contributed by atoms with Crippen molar-refractivity contribution in [3.05, 3.63) is 27.1 Å². The molecule has 6 heteroatoms. The zero-order chi connectivity index (χ0) is 10.0. The molecule has 0 saturated carbocycles. The average Bonchev–Trinajstić information content (AvgIpc) is 1.99. The van der Waals surface area contributed by atoms with E-state index < -0.39 is 11.5 Å². The summed E-state index contributed by atoms with van der Waals surface area (Å²) in [5.74, 6) is -0.587. The van der Waals surface area contributed by atoms with E-state index in [4.69, 9.17) is 0 Å². The van der Waals surface area contributed by atoms with Gasteiger partial charge in [-0.2, -0.15) is 0 Å². The van der Waals surface area contributed by atoms with Gasteiger partial charge in [0.2, 0.25) is 0 Å². The van der Waals surface area contributed by atoms with Crippen molar-refractivity contribution in [3.63, 3.8) is 0 Å². The van der Waals surface area contributed by atoms with E-state index >= 15 is 0 Å². The quantitative estimate of drug-likeness (QED) is 0.714. The van der Waals surface area contributed by atoms with Crippen LogP contribution in [0, 0.1) is 10.5 Å². The summed E-state index contributed by atoms with van der Waals surface area (Å²) in [5, 5.41) is 0. The maximum absolute atomic E-state index is 12.9. The van der Waals surface area contributed by atoms with Crippen LogP contribution in [0.3, 0.4) is 0 Å². The van der Waals surface area contributed by atoms with Crippen molar-refractivity contribution in [2.45, 2.75) is 6.67 Å². The maximum atomic E-state index is 12.9. The zero-order valence-corrected chi connectivity index (χ0v) is 8.19. The second-order valence-electron chi connectivity index (χ2n) is 2.93. The van der Waals surface area contributed by atoms with Gasteiger partial charge in [-0.25, -0.2) is 9.18 Å². The van der Waals surface area contributed by atoms with Gasteiger partial charge in [-0.05, 0) is 14.1 Å². The van der Waals surface area contributed by atoms with E-state index in [1.807, 2.05) is 0 Å². The van der Waals surface area contributed by atoms with Crippen molar-refractivity contribution in [2.24, 2.45) is 0 Å². The Morgan fingerprint density at radius 1 is 1.69 bits per heavy atom. The number of hydrogen-bond acceptors (Lipinski definition) is 3. The average molecular weight is 203 g/mol. The molecule has 0 aromatic carbocycles. The number of nitrogens with one attached hydrogen (secondary N) is 1. The number of nitrogens with zero attached hydrogens (tertiary/aromatic N) is 2. The molecule has 1 N–H and O–H groups in total. The lowest BCUT2D eigenvalue weighted by Gasteiger charge is -2.11. The monoisotopic (exact) mass is 203 g/mol. The number of hydrogen-bond donors (Lipinski definition) is 1. The lowest BCUT2D eigenvalue weighted by Crippen LogP contribution is -2.29. The Labute approximate surface area is 79.6 Å². The van der Waals surface area contributed by atoms with E-state index in [9.17, 15) is 9.18 Å². The maximum Gasteiger partial charge on any atom is 0.327 e. The van der Waals surface area contributed by atoms with E-state index in [1.54, 1.807) is 19.0 Å². The van der Waals surface area contributed by atoms with Gasteiger partial charge in [-0.3, -0.25) is 14.5 Å². The van der Waals surface area contributed by atoms with E-state index in [-0.39, 0.29) is 4.64 Å². The molecule has 1 aromatic heterocycles. The van der Waals surface area contributed by atoms with Crippen molar-refractivity contribution >= 4 is 12.2 Å². The molecule has 0 bridgehead atoms. The molecule has 0 atom stereocenters. The Kier molecular flexibility index (Phi) is 2.94. The molecule has 0 spiro atoms. The van der Waals surface area contributed by atoms with Crippen LogP contribution in [0.4, 0.5) is 4.39 Å². The molecule has 1 aromatic rings. The van der Waals surface area contributed by atoms with Crippen LogP contribution < -0.4 is 5.69 Å². The predicted molar refractivity (Wildman–Crippen MR) is 49.5 cm³/mol. The standard InChI is InChI=1S/C7H10FN3OS/c1-10(2)4-11-3-5(8)6(13)9-7(11)12/h3H,4H2,1-2H3,(H,9,12,13). The molecule has 1 rings (SSSR count). The van der Waals surface area contributed by atoms with Gasteiger partial charge in [0.05, 0.1) is 6.67 Å². The van der Waals surface area contributed by atoms with Crippen LogP contribution in [-0.2, 0) is 6.67 Å². The minimum Gasteiger partial charge on any atom is -0.296 e. The van der Waals surface area contributed by atoms with Crippen molar-refractivity contribution in [1.29, 1.82) is 0 Å². The number of rotatable bonds is 2. The first-order valence-corrected chi connectivity index (χ1v) is 4.05. The van der Waals surface area contributed by atoms with Crippen LogP contribution in [-0.4, -0.2) is 28.5 Å². The highest BCUT2D eigenvalue weighted by atomic mass is 32.1. The summed E-state index contributed by atoms with van der Waals surface area (Å²) < 4.78 is 14.0. The second-order valence-corrected chi connectivity index (χ2v) is 3.34. The number of aromatic amines is 1. The molecule has 0 aliphatic carbocycles. The molecular formula is C7H10FN3OS. The molecule has 1 heterocycles. The van der Waals surface area contributed by atoms with Crippen LogP contribution in [0.15, 0.2) is 11.0 Å². The Morgan fingerprint density at radius 3 is 2.85 bits per heavy atom. The minimum absolute atomic E-state index is 0.153. The van der Waals surface area contributed by atoms with Crippen molar-refractivity contribution in [1.82, 2.24) is 14.5 Å². The third kappa shape index (κ3) is 2.46. The molecule has 0 aliphatic rings. The first-order valence-electron chi connectivity index (χ1n) is 3.64. The lowest BCUT2D eigenvalue weighted by atomic mass is 10.6. The van der Waals surface area contributed by atoms with Gasteiger partial charge < -0.3 is 0 Å². The molecule has 0 radical (unpaired) electrons. The third-order valence-corrected chi connectivity index (χ3v) is 1.70. The number of H-pyrrole nitrogens is 1. The molecule has 4 nitrogen and oxygen atoms in total. The molecule has 13 heavy (non-hydrogen) atoms. The van der Waals surface area contributed by atoms with Gasteiger partial charge >= 0.3 is 5.69 Å². The van der Waals surface area contributed by atoms with E-state index in [2.05, 4.69) is 17.2 Å². The summed E-state index contributed by atoms with van der Waals surface area (Å²) >= 11 is 4.56. The highest BCUT2D eigenvalue weighted by Gasteiger charge is 2.01. The Bertz CT molecular complexity index is 409. The highest BCUT2D eigenvalue weighted by Crippen LogP contribution is 1.93. The molecule has 72 valence electrons. The summed E-state index contributed by atoms with van der Waals surface area (Å²) in [7, 11) is 3.57. The van der Waals surface area contributed by atoms with Gasteiger partial charge in [0.1, 0.15) is 4.64 Å². The van der Waals surface area contributed by atoms with Gasteiger partial charge in [0, 0.05) is 6.20 Å². The van der Waals surface area contributed by atoms with E-state index in [0.29, 0.717) is 6.67 Å². The van der Waals surface area contributed by atoms with E-state index in [0.717, 1.165) is 6.20 Å². The van der Waals surface area contributed by atoms with Gasteiger partial charge in [0.25, 0.3) is 0 Å². The fourth-order valence-electron chi connectivity index (χ4n) is 0.892. The zero-order valence-electron chi connectivity index (χ0n) is 7.37. The molecule has 0 saturated heterocycles. The fraction of sp³-hybridized carbons (Fsp3) is 0.429. The minimum atomic E-state index is -0.587. The summed E-state index contributed by atoms with van der Waals surface area (Å²) in [6, 6.07) is 0. The summed E-state index contributed by atoms with van der Waals surface area (Å²) in [6.07, 6.45) is 1.10. The van der Waals surface area contributed by atoms with Crippen LogP contribution in [0.5, 0.6) is 0 Å². The normalized spacial score (nSPS) is 10.8. The van der Waals surface area contributed by atoms with Crippen molar-refractivity contribution in [2.75, 3.05) is 14.1 Å². The third-order valence-electron chi connectivity index (χ3n) is 1.40. The largest absolute Gasteiger partial charge is 0.327 e. The molecule has 0 aliphatic heterocycles. The molecule has 0 fully saturated rings. The van der Waals surface area contributed by atoms with E-state index in [1.165, 1.54) is 4.57 Å². The first-order chi connectivity index (χ1) is 6.00. The molecular weight excluding hydrogens is 193 g/mol. The Hall–Kier alpha value is -1.01. The summed E-state index contributed by atoms with van der Waals surface area (Å²) in [5.41, 5.74) is -0.403. The predicted octanol–water partition coefficient (Wildman–Crippen LogP) is 0.564. The van der Waals surface area contributed by atoms with Gasteiger partial charge in [-0.1, -0.05) is 12.2 Å². The highest BCUT2D eigenvalue weighted by molar-refractivity contribution is 7.71. The molecule has 0 amide bonds. The van der Waals surface area contributed by atoms with Crippen LogP contribution in [0.2, 0.25) is 0 Å². The Morgan fingerprint density at radius 2 is 2.31 bits per heavy atom. The summed E-state index contributed by atoms with van der Waals surface area (Å²) in [6.45, 7) is 0.321. The smallest absolute Gasteiger partial charge is 0.296 e. The van der Waals surface area contributed by atoms with Gasteiger partial charge in [0.15, 0.2) is 5.82 Å². The van der Waals surface area contributed by atoms with Crippen molar-refractivity contribution in [3.8, 4) is 0 Å². The van der Waals surface area contributed by atoms with Crippen molar-refractivity contribution < 1.29 is 4.39 Å². The topological polar surface area (TPSA) is 41.0 Å².